The van der Waals surface area contributed by atoms with Gasteiger partial charge >= 0.3 is 0 Å². The molecule has 168 valence electrons. The van der Waals surface area contributed by atoms with Crippen molar-refractivity contribution in [1.82, 2.24) is 0 Å². The van der Waals surface area contributed by atoms with E-state index in [4.69, 9.17) is 14.2 Å². The van der Waals surface area contributed by atoms with Crippen LogP contribution < -0.4 is 0 Å². The maximum atomic E-state index is 6.80. The van der Waals surface area contributed by atoms with Crippen LogP contribution in [0.25, 0.3) is 0 Å². The highest BCUT2D eigenvalue weighted by molar-refractivity contribution is 7.16. The van der Waals surface area contributed by atoms with Crippen molar-refractivity contribution in [2.45, 2.75) is 121 Å². The van der Waals surface area contributed by atoms with Gasteiger partial charge in [0.1, 0.15) is 0 Å². The zero-order valence-corrected chi connectivity index (χ0v) is 21.8. The first kappa shape index (κ1) is 22.7. The Morgan fingerprint density at radius 3 is 1.63 bits per heavy atom. The van der Waals surface area contributed by atoms with Gasteiger partial charge in [0.15, 0.2) is 11.6 Å². The summed E-state index contributed by atoms with van der Waals surface area (Å²) < 4.78 is 19.9. The van der Waals surface area contributed by atoms with Crippen LogP contribution in [0.5, 0.6) is 0 Å². The molecule has 1 aromatic rings. The van der Waals surface area contributed by atoms with Gasteiger partial charge in [-0.3, -0.25) is 0 Å². The van der Waals surface area contributed by atoms with Gasteiger partial charge in [0.25, 0.3) is 0 Å². The molecule has 0 amide bonds. The van der Waals surface area contributed by atoms with Crippen molar-refractivity contribution >= 4 is 9.24 Å². The Morgan fingerprint density at radius 1 is 0.767 bits per heavy atom. The van der Waals surface area contributed by atoms with Crippen LogP contribution in [0.3, 0.4) is 0 Å². The molecule has 4 fully saturated rings. The largest absolute Gasteiger partial charge is 0.343 e. The van der Waals surface area contributed by atoms with Crippen molar-refractivity contribution in [3.05, 3.63) is 34.9 Å². The Kier molecular flexibility index (Phi) is 4.62. The highest BCUT2D eigenvalue weighted by atomic mass is 31.0. The van der Waals surface area contributed by atoms with Crippen molar-refractivity contribution in [1.29, 1.82) is 0 Å². The van der Waals surface area contributed by atoms with Gasteiger partial charge in [-0.05, 0) is 61.4 Å². The SMILES string of the molecule is CC12CC3(C)OC(C)(CC(C)(O1)C3(CP)c1ccc(C(C)(C)C)c(C(C)(C)C)c1)O2. The lowest BCUT2D eigenvalue weighted by Crippen LogP contribution is -2.83. The van der Waals surface area contributed by atoms with Crippen molar-refractivity contribution in [3.63, 3.8) is 0 Å². The summed E-state index contributed by atoms with van der Waals surface area (Å²) >= 11 is 0. The van der Waals surface area contributed by atoms with E-state index in [1.165, 1.54) is 16.7 Å². The quantitative estimate of drug-likeness (QED) is 0.520. The van der Waals surface area contributed by atoms with E-state index in [1.807, 2.05) is 0 Å². The second-order valence-corrected chi connectivity index (χ2v) is 13.2. The van der Waals surface area contributed by atoms with Gasteiger partial charge in [0.05, 0.1) is 16.6 Å². The molecule has 5 rings (SSSR count). The third-order valence-electron chi connectivity index (χ3n) is 7.87. The van der Waals surface area contributed by atoms with Crippen LogP contribution in [0.4, 0.5) is 0 Å². The van der Waals surface area contributed by atoms with E-state index in [9.17, 15) is 0 Å². The fourth-order valence-electron chi connectivity index (χ4n) is 7.17. The van der Waals surface area contributed by atoms with E-state index < -0.39 is 11.6 Å². The highest BCUT2D eigenvalue weighted by Gasteiger charge is 2.77. The number of hydrogen-bond donors (Lipinski definition) is 0. The van der Waals surface area contributed by atoms with Crippen LogP contribution in [0, 0.1) is 0 Å². The van der Waals surface area contributed by atoms with Gasteiger partial charge in [-0.1, -0.05) is 59.7 Å². The summed E-state index contributed by atoms with van der Waals surface area (Å²) in [6.07, 6.45) is 2.33. The summed E-state index contributed by atoms with van der Waals surface area (Å²) in [4.78, 5) is 0. The standard InChI is InChI=1S/C26H41O3P/c1-20(2,3)18-12-11-17(13-19(18)21(4,5)6)26(16-30)22(7)14-24(9)28-23(26,8)15-25(10,27-22)29-24/h11-13H,14-16,30H2,1-10H3. The van der Waals surface area contributed by atoms with Gasteiger partial charge in [0.2, 0.25) is 0 Å². The first-order valence-electron chi connectivity index (χ1n) is 11.4. The van der Waals surface area contributed by atoms with E-state index >= 15 is 0 Å². The molecule has 0 radical (unpaired) electrons. The maximum absolute atomic E-state index is 6.80. The molecular weight excluding hydrogens is 391 g/mol. The summed E-state index contributed by atoms with van der Waals surface area (Å²) in [7, 11) is 3.02. The van der Waals surface area contributed by atoms with Crippen LogP contribution in [0.15, 0.2) is 18.2 Å². The van der Waals surface area contributed by atoms with Crippen LogP contribution in [-0.2, 0) is 30.5 Å². The average molecular weight is 433 g/mol. The molecule has 0 spiro atoms. The van der Waals surface area contributed by atoms with Crippen molar-refractivity contribution in [2.75, 3.05) is 6.16 Å². The Morgan fingerprint density at radius 2 is 1.23 bits per heavy atom. The molecule has 0 saturated carbocycles. The molecule has 3 nitrogen and oxygen atoms in total. The molecule has 4 saturated heterocycles. The third kappa shape index (κ3) is 2.92. The van der Waals surface area contributed by atoms with Crippen LogP contribution >= 0.6 is 9.24 Å². The van der Waals surface area contributed by atoms with Crippen LogP contribution in [0.2, 0.25) is 0 Å². The molecule has 5 unspecified atom stereocenters. The van der Waals surface area contributed by atoms with Crippen molar-refractivity contribution < 1.29 is 14.2 Å². The predicted molar refractivity (Wildman–Crippen MR) is 126 cm³/mol. The summed E-state index contributed by atoms with van der Waals surface area (Å²) in [5.41, 5.74) is 3.28. The average Bonchev–Trinajstić information content (AvgIpc) is 2.48. The topological polar surface area (TPSA) is 27.7 Å². The molecule has 4 bridgehead atoms. The molecule has 4 heteroatoms. The molecule has 5 atom stereocenters. The summed E-state index contributed by atoms with van der Waals surface area (Å²) in [6.45, 7) is 22.6. The number of ether oxygens (including phenoxy) is 3. The van der Waals surface area contributed by atoms with Crippen LogP contribution in [-0.4, -0.2) is 28.9 Å². The zero-order chi connectivity index (χ0) is 22.6. The lowest BCUT2D eigenvalue weighted by molar-refractivity contribution is -0.531. The number of rotatable bonds is 2. The van der Waals surface area contributed by atoms with Crippen molar-refractivity contribution in [2.24, 2.45) is 0 Å². The number of benzene rings is 1. The molecule has 0 aliphatic carbocycles. The molecular formula is C26H41O3P. The summed E-state index contributed by atoms with van der Waals surface area (Å²) in [5.74, 6) is -1.20. The normalized spacial score (nSPS) is 43.3. The lowest BCUT2D eigenvalue weighted by atomic mass is 9.51. The first-order valence-corrected chi connectivity index (χ1v) is 12.2. The predicted octanol–water partition coefficient (Wildman–Crippen LogP) is 6.22. The third-order valence-corrected chi connectivity index (χ3v) is 8.48. The molecule has 0 N–H and O–H groups in total. The Labute approximate surface area is 185 Å². The fourth-order valence-corrected chi connectivity index (χ4v) is 8.27. The Bertz CT molecular complexity index is 831. The van der Waals surface area contributed by atoms with Crippen LogP contribution in [0.1, 0.15) is 98.8 Å². The van der Waals surface area contributed by atoms with Gasteiger partial charge in [0, 0.05) is 12.8 Å². The molecule has 4 aliphatic heterocycles. The van der Waals surface area contributed by atoms with E-state index in [-0.39, 0.29) is 27.4 Å². The van der Waals surface area contributed by atoms with E-state index in [2.05, 4.69) is 96.7 Å². The minimum atomic E-state index is -0.601. The zero-order valence-electron chi connectivity index (χ0n) is 20.7. The fraction of sp³-hybridized carbons (Fsp3) is 0.769. The second-order valence-electron chi connectivity index (χ2n) is 12.8. The Hall–Kier alpha value is -0.470. The number of hydrogen-bond acceptors (Lipinski definition) is 3. The first-order chi connectivity index (χ1) is 13.4. The van der Waals surface area contributed by atoms with Gasteiger partial charge in [-0.15, -0.1) is 9.24 Å². The minimum absolute atomic E-state index is 0.0528. The minimum Gasteiger partial charge on any atom is -0.343 e. The molecule has 1 aromatic carbocycles. The highest BCUT2D eigenvalue weighted by Crippen LogP contribution is 2.68. The maximum Gasteiger partial charge on any atom is 0.172 e. The molecule has 30 heavy (non-hydrogen) atoms. The van der Waals surface area contributed by atoms with Gasteiger partial charge < -0.3 is 14.2 Å². The summed E-state index contributed by atoms with van der Waals surface area (Å²) in [5, 5.41) is 0. The summed E-state index contributed by atoms with van der Waals surface area (Å²) in [6, 6.07) is 7.16. The van der Waals surface area contributed by atoms with E-state index in [1.54, 1.807) is 0 Å². The lowest BCUT2D eigenvalue weighted by Gasteiger charge is -2.74. The smallest absolute Gasteiger partial charge is 0.172 e. The molecule has 4 aliphatic rings. The molecule has 0 aromatic heterocycles. The monoisotopic (exact) mass is 432 g/mol. The van der Waals surface area contributed by atoms with Crippen molar-refractivity contribution in [3.8, 4) is 0 Å². The van der Waals surface area contributed by atoms with Gasteiger partial charge in [-0.2, -0.15) is 0 Å². The van der Waals surface area contributed by atoms with Gasteiger partial charge in [-0.25, -0.2) is 0 Å². The molecule has 4 heterocycles. The van der Waals surface area contributed by atoms with E-state index in [0.29, 0.717) is 0 Å². The van der Waals surface area contributed by atoms with E-state index in [0.717, 1.165) is 19.0 Å². The second kappa shape index (κ2) is 6.10. The Balaban J connectivity index is 1.97.